The molecule has 100 valence electrons. The lowest BCUT2D eigenvalue weighted by atomic mass is 9.92. The maximum atomic E-state index is 5.70. The highest BCUT2D eigenvalue weighted by atomic mass is 16.5. The van der Waals surface area contributed by atoms with Crippen molar-refractivity contribution in [1.82, 2.24) is 15.0 Å². The summed E-state index contributed by atoms with van der Waals surface area (Å²) in [6, 6.07) is 0.311. The van der Waals surface area contributed by atoms with Crippen LogP contribution in [-0.2, 0) is 0 Å². The summed E-state index contributed by atoms with van der Waals surface area (Å²) in [6.45, 7) is 8.83. The average molecular weight is 251 g/mol. The standard InChI is InChI=1S/C12H21N5O/c1-4-18-12-15-10(13)14-11(16-12)17-6-8(2)5-9(3)7-17/h8-9H,4-7H2,1-3H3,(H2,13,14,15,16). The molecule has 1 aliphatic rings. The zero-order chi connectivity index (χ0) is 13.1. The number of hydrogen-bond donors (Lipinski definition) is 1. The summed E-state index contributed by atoms with van der Waals surface area (Å²) in [7, 11) is 0. The predicted octanol–water partition coefficient (Wildman–Crippen LogP) is 1.33. The minimum absolute atomic E-state index is 0.217. The number of rotatable bonds is 3. The van der Waals surface area contributed by atoms with Gasteiger partial charge >= 0.3 is 6.01 Å². The van der Waals surface area contributed by atoms with Gasteiger partial charge in [0.15, 0.2) is 0 Å². The third-order valence-electron chi connectivity index (χ3n) is 3.05. The van der Waals surface area contributed by atoms with E-state index in [1.54, 1.807) is 0 Å². The summed E-state index contributed by atoms with van der Waals surface area (Å²) in [5, 5.41) is 0. The Morgan fingerprint density at radius 3 is 2.50 bits per heavy atom. The molecule has 2 rings (SSSR count). The number of nitrogens with two attached hydrogens (primary N) is 1. The maximum absolute atomic E-state index is 5.70. The topological polar surface area (TPSA) is 77.2 Å². The summed E-state index contributed by atoms with van der Waals surface area (Å²) in [5.41, 5.74) is 5.70. The Bertz CT molecular complexity index is 401. The summed E-state index contributed by atoms with van der Waals surface area (Å²) >= 11 is 0. The van der Waals surface area contributed by atoms with Crippen LogP contribution in [0.5, 0.6) is 6.01 Å². The molecule has 0 amide bonds. The predicted molar refractivity (Wildman–Crippen MR) is 70.6 cm³/mol. The van der Waals surface area contributed by atoms with Crippen LogP contribution < -0.4 is 15.4 Å². The highest BCUT2D eigenvalue weighted by molar-refractivity contribution is 5.36. The van der Waals surface area contributed by atoms with Crippen LogP contribution in [0.1, 0.15) is 27.2 Å². The highest BCUT2D eigenvalue weighted by Gasteiger charge is 2.24. The van der Waals surface area contributed by atoms with Gasteiger partial charge in [0, 0.05) is 13.1 Å². The van der Waals surface area contributed by atoms with Gasteiger partial charge in [-0.3, -0.25) is 0 Å². The molecule has 0 spiro atoms. The molecule has 0 aromatic carbocycles. The second-order valence-electron chi connectivity index (χ2n) is 5.06. The van der Waals surface area contributed by atoms with E-state index < -0.39 is 0 Å². The molecule has 2 unspecified atom stereocenters. The van der Waals surface area contributed by atoms with Crippen molar-refractivity contribution in [2.24, 2.45) is 11.8 Å². The van der Waals surface area contributed by atoms with Gasteiger partial charge in [-0.2, -0.15) is 15.0 Å². The Hall–Kier alpha value is -1.59. The molecule has 6 nitrogen and oxygen atoms in total. The van der Waals surface area contributed by atoms with Crippen molar-refractivity contribution in [1.29, 1.82) is 0 Å². The Kier molecular flexibility index (Phi) is 3.84. The van der Waals surface area contributed by atoms with Crippen LogP contribution in [0.3, 0.4) is 0 Å². The van der Waals surface area contributed by atoms with Crippen molar-refractivity contribution in [3.8, 4) is 6.01 Å². The Morgan fingerprint density at radius 1 is 1.22 bits per heavy atom. The quantitative estimate of drug-likeness (QED) is 0.873. The van der Waals surface area contributed by atoms with Crippen LogP contribution in [-0.4, -0.2) is 34.6 Å². The number of nitrogen functional groups attached to an aromatic ring is 1. The molecule has 0 bridgehead atoms. The Balaban J connectivity index is 2.21. The van der Waals surface area contributed by atoms with Crippen LogP contribution in [0, 0.1) is 11.8 Å². The van der Waals surface area contributed by atoms with Crippen molar-refractivity contribution >= 4 is 11.9 Å². The lowest BCUT2D eigenvalue weighted by Gasteiger charge is -2.34. The number of aromatic nitrogens is 3. The van der Waals surface area contributed by atoms with E-state index >= 15 is 0 Å². The van der Waals surface area contributed by atoms with Crippen molar-refractivity contribution in [2.45, 2.75) is 27.2 Å². The second kappa shape index (κ2) is 5.37. The molecule has 1 aliphatic heterocycles. The molecule has 2 heterocycles. The molecule has 1 aromatic rings. The Morgan fingerprint density at radius 2 is 1.89 bits per heavy atom. The normalized spacial score (nSPS) is 24.1. The SMILES string of the molecule is CCOc1nc(N)nc(N2CC(C)CC(C)C2)n1. The minimum atomic E-state index is 0.217. The molecule has 18 heavy (non-hydrogen) atoms. The molecule has 2 N–H and O–H groups in total. The van der Waals surface area contributed by atoms with Gasteiger partial charge in [-0.05, 0) is 25.2 Å². The van der Waals surface area contributed by atoms with E-state index in [9.17, 15) is 0 Å². The third-order valence-corrected chi connectivity index (χ3v) is 3.05. The number of hydrogen-bond acceptors (Lipinski definition) is 6. The first-order valence-corrected chi connectivity index (χ1v) is 6.47. The molecule has 0 saturated carbocycles. The molecular formula is C12H21N5O. The first-order chi connectivity index (χ1) is 8.58. The van der Waals surface area contributed by atoms with Gasteiger partial charge in [-0.1, -0.05) is 13.8 Å². The van der Waals surface area contributed by atoms with Crippen LogP contribution in [0.4, 0.5) is 11.9 Å². The minimum Gasteiger partial charge on any atom is -0.464 e. The van der Waals surface area contributed by atoms with Gasteiger partial charge in [0.2, 0.25) is 11.9 Å². The van der Waals surface area contributed by atoms with Crippen LogP contribution in [0.2, 0.25) is 0 Å². The first-order valence-electron chi connectivity index (χ1n) is 6.47. The van der Waals surface area contributed by atoms with Gasteiger partial charge in [0.25, 0.3) is 0 Å². The highest BCUT2D eigenvalue weighted by Crippen LogP contribution is 2.24. The van der Waals surface area contributed by atoms with Crippen molar-refractivity contribution in [2.75, 3.05) is 30.3 Å². The van der Waals surface area contributed by atoms with E-state index in [2.05, 4.69) is 33.7 Å². The fourth-order valence-corrected chi connectivity index (χ4v) is 2.52. The summed E-state index contributed by atoms with van der Waals surface area (Å²) < 4.78 is 5.30. The summed E-state index contributed by atoms with van der Waals surface area (Å²) in [4.78, 5) is 14.7. The van der Waals surface area contributed by atoms with Crippen LogP contribution in [0.25, 0.3) is 0 Å². The van der Waals surface area contributed by atoms with Gasteiger partial charge in [-0.15, -0.1) is 0 Å². The number of piperidine rings is 1. The zero-order valence-corrected chi connectivity index (χ0v) is 11.3. The summed E-state index contributed by atoms with van der Waals surface area (Å²) in [6.07, 6.45) is 1.25. The van der Waals surface area contributed by atoms with E-state index in [-0.39, 0.29) is 5.95 Å². The zero-order valence-electron chi connectivity index (χ0n) is 11.3. The van der Waals surface area contributed by atoms with Crippen molar-refractivity contribution < 1.29 is 4.74 Å². The maximum Gasteiger partial charge on any atom is 0.323 e. The van der Waals surface area contributed by atoms with E-state index in [0.717, 1.165) is 13.1 Å². The Labute approximate surface area is 108 Å². The molecule has 0 radical (unpaired) electrons. The third kappa shape index (κ3) is 3.00. The fourth-order valence-electron chi connectivity index (χ4n) is 2.52. The summed E-state index contributed by atoms with van der Waals surface area (Å²) in [5.74, 6) is 2.13. The van der Waals surface area contributed by atoms with Gasteiger partial charge in [0.05, 0.1) is 6.61 Å². The van der Waals surface area contributed by atoms with Crippen LogP contribution in [0.15, 0.2) is 0 Å². The van der Waals surface area contributed by atoms with E-state index in [1.807, 2.05) is 6.92 Å². The average Bonchev–Trinajstić information content (AvgIpc) is 2.27. The monoisotopic (exact) mass is 251 g/mol. The van der Waals surface area contributed by atoms with Gasteiger partial charge in [-0.25, -0.2) is 0 Å². The lowest BCUT2D eigenvalue weighted by Crippen LogP contribution is -2.39. The van der Waals surface area contributed by atoms with E-state index in [1.165, 1.54) is 6.42 Å². The second-order valence-corrected chi connectivity index (χ2v) is 5.06. The van der Waals surface area contributed by atoms with Crippen molar-refractivity contribution in [3.63, 3.8) is 0 Å². The van der Waals surface area contributed by atoms with Gasteiger partial charge in [0.1, 0.15) is 0 Å². The molecule has 0 aliphatic carbocycles. The molecule has 2 atom stereocenters. The molecule has 1 saturated heterocycles. The van der Waals surface area contributed by atoms with E-state index in [0.29, 0.717) is 30.4 Å². The van der Waals surface area contributed by atoms with Crippen LogP contribution >= 0.6 is 0 Å². The first kappa shape index (κ1) is 12.9. The van der Waals surface area contributed by atoms with Gasteiger partial charge < -0.3 is 15.4 Å². The number of anilines is 2. The smallest absolute Gasteiger partial charge is 0.323 e. The molecule has 6 heteroatoms. The molecule has 1 fully saturated rings. The molecular weight excluding hydrogens is 230 g/mol. The van der Waals surface area contributed by atoms with E-state index in [4.69, 9.17) is 10.5 Å². The fraction of sp³-hybridized carbons (Fsp3) is 0.750. The largest absolute Gasteiger partial charge is 0.464 e. The lowest BCUT2D eigenvalue weighted by molar-refractivity contribution is 0.309. The molecule has 1 aromatic heterocycles. The number of ether oxygens (including phenoxy) is 1. The van der Waals surface area contributed by atoms with Crippen molar-refractivity contribution in [3.05, 3.63) is 0 Å². The number of nitrogens with zero attached hydrogens (tertiary/aromatic N) is 4.